The van der Waals surface area contributed by atoms with Gasteiger partial charge in [0.05, 0.1) is 25.9 Å². The van der Waals surface area contributed by atoms with Gasteiger partial charge in [0.25, 0.3) is 0 Å². The van der Waals surface area contributed by atoms with Crippen LogP contribution in [0.4, 0.5) is 0 Å². The summed E-state index contributed by atoms with van der Waals surface area (Å²) in [5, 5.41) is 0. The quantitative estimate of drug-likeness (QED) is 0.629. The Hall–Kier alpha value is -0.355. The molecule has 1 aliphatic carbocycles. The van der Waals surface area contributed by atoms with Crippen LogP contribution in [0.5, 0.6) is 0 Å². The summed E-state index contributed by atoms with van der Waals surface area (Å²) < 4.78 is 22.6. The molecule has 2 heterocycles. The zero-order valence-corrected chi connectivity index (χ0v) is 9.61. The van der Waals surface area contributed by atoms with Crippen LogP contribution in [0.1, 0.15) is 26.2 Å². The van der Waals surface area contributed by atoms with Crippen molar-refractivity contribution in [3.05, 3.63) is 11.5 Å². The Morgan fingerprint density at radius 3 is 2.75 bits per heavy atom. The second-order valence-electron chi connectivity index (χ2n) is 4.70. The highest BCUT2D eigenvalue weighted by Crippen LogP contribution is 2.36. The lowest BCUT2D eigenvalue weighted by atomic mass is 9.71. The molecule has 2 aliphatic heterocycles. The van der Waals surface area contributed by atoms with Crippen LogP contribution in [0.3, 0.4) is 0 Å². The summed E-state index contributed by atoms with van der Waals surface area (Å²) in [6.45, 7) is 4.17. The first-order chi connectivity index (χ1) is 7.77. The van der Waals surface area contributed by atoms with Crippen molar-refractivity contribution < 1.29 is 18.8 Å². The standard InChI is InChI=1S/C11H17BO4/c1-9-8-15-12(16-9)10-2-4-11(5-3-10)13-6-7-14-11/h2,9H,3-8H2,1H3. The van der Waals surface area contributed by atoms with Crippen LogP contribution >= 0.6 is 0 Å². The van der Waals surface area contributed by atoms with E-state index in [1.807, 2.05) is 6.92 Å². The maximum absolute atomic E-state index is 5.68. The lowest BCUT2D eigenvalue weighted by molar-refractivity contribution is -0.161. The Labute approximate surface area is 96.0 Å². The molecule has 0 amide bonds. The molecular formula is C11H17BO4. The molecule has 0 aromatic rings. The van der Waals surface area contributed by atoms with Crippen molar-refractivity contribution in [1.82, 2.24) is 0 Å². The molecule has 88 valence electrons. The molecule has 4 nitrogen and oxygen atoms in total. The van der Waals surface area contributed by atoms with Gasteiger partial charge in [-0.15, -0.1) is 0 Å². The van der Waals surface area contributed by atoms with Crippen molar-refractivity contribution in [2.45, 2.75) is 38.1 Å². The maximum Gasteiger partial charge on any atom is 0.489 e. The summed E-state index contributed by atoms with van der Waals surface area (Å²) in [5.41, 5.74) is 1.24. The van der Waals surface area contributed by atoms with Crippen molar-refractivity contribution in [3.63, 3.8) is 0 Å². The second-order valence-corrected chi connectivity index (χ2v) is 4.70. The molecule has 16 heavy (non-hydrogen) atoms. The van der Waals surface area contributed by atoms with E-state index in [4.69, 9.17) is 18.8 Å². The molecule has 1 spiro atoms. The Balaban J connectivity index is 1.64. The van der Waals surface area contributed by atoms with E-state index in [1.165, 1.54) is 5.47 Å². The molecule has 1 unspecified atom stereocenters. The minimum atomic E-state index is -0.340. The summed E-state index contributed by atoms with van der Waals surface area (Å²) in [6.07, 6.45) is 5.05. The molecule has 2 saturated heterocycles. The highest BCUT2D eigenvalue weighted by molar-refractivity contribution is 6.54. The summed E-state index contributed by atoms with van der Waals surface area (Å²) >= 11 is 0. The van der Waals surface area contributed by atoms with Gasteiger partial charge in [-0.25, -0.2) is 0 Å². The van der Waals surface area contributed by atoms with Gasteiger partial charge >= 0.3 is 7.12 Å². The van der Waals surface area contributed by atoms with Crippen LogP contribution in [-0.4, -0.2) is 38.8 Å². The lowest BCUT2D eigenvalue weighted by Gasteiger charge is -2.30. The summed E-state index contributed by atoms with van der Waals surface area (Å²) in [4.78, 5) is 0. The summed E-state index contributed by atoms with van der Waals surface area (Å²) in [5.74, 6) is -0.340. The number of hydrogen-bond donors (Lipinski definition) is 0. The molecule has 3 rings (SSSR count). The van der Waals surface area contributed by atoms with Gasteiger partial charge in [-0.05, 0) is 18.8 Å². The van der Waals surface area contributed by atoms with Crippen LogP contribution in [0.15, 0.2) is 11.5 Å². The van der Waals surface area contributed by atoms with Crippen molar-refractivity contribution in [2.75, 3.05) is 19.8 Å². The largest absolute Gasteiger partial charge is 0.489 e. The number of hydrogen-bond acceptors (Lipinski definition) is 4. The Morgan fingerprint density at radius 2 is 2.19 bits per heavy atom. The topological polar surface area (TPSA) is 36.9 Å². The molecule has 0 aromatic carbocycles. The number of rotatable bonds is 1. The van der Waals surface area contributed by atoms with Gasteiger partial charge in [-0.3, -0.25) is 0 Å². The minimum absolute atomic E-state index is 0.131. The van der Waals surface area contributed by atoms with E-state index in [0.717, 1.165) is 32.5 Å². The number of ether oxygens (including phenoxy) is 2. The van der Waals surface area contributed by atoms with Gasteiger partial charge in [0.1, 0.15) is 0 Å². The smallest absolute Gasteiger partial charge is 0.405 e. The average molecular weight is 224 g/mol. The van der Waals surface area contributed by atoms with E-state index in [2.05, 4.69) is 6.08 Å². The van der Waals surface area contributed by atoms with Gasteiger partial charge in [0.2, 0.25) is 0 Å². The minimum Gasteiger partial charge on any atom is -0.405 e. The highest BCUT2D eigenvalue weighted by atomic mass is 16.7. The first kappa shape index (κ1) is 10.8. The van der Waals surface area contributed by atoms with Gasteiger partial charge in [-0.2, -0.15) is 0 Å². The van der Waals surface area contributed by atoms with Crippen molar-refractivity contribution in [3.8, 4) is 0 Å². The molecule has 5 heteroatoms. The van der Waals surface area contributed by atoms with E-state index < -0.39 is 0 Å². The molecule has 1 atom stereocenters. The second kappa shape index (κ2) is 4.15. The molecule has 0 N–H and O–H groups in total. The molecular weight excluding hydrogens is 207 g/mol. The molecule has 0 aromatic heterocycles. The molecule has 2 fully saturated rings. The van der Waals surface area contributed by atoms with Crippen molar-refractivity contribution in [2.24, 2.45) is 0 Å². The van der Waals surface area contributed by atoms with Gasteiger partial charge in [-0.1, -0.05) is 6.08 Å². The van der Waals surface area contributed by atoms with Crippen LogP contribution in [0, 0.1) is 0 Å². The SMILES string of the molecule is CC1COB(C2=CCC3(CC2)OCCO3)O1. The zero-order chi connectivity index (χ0) is 11.0. The lowest BCUT2D eigenvalue weighted by Crippen LogP contribution is -2.34. The van der Waals surface area contributed by atoms with E-state index in [0.29, 0.717) is 6.61 Å². The van der Waals surface area contributed by atoms with Crippen molar-refractivity contribution in [1.29, 1.82) is 0 Å². The molecule has 0 radical (unpaired) electrons. The fraction of sp³-hybridized carbons (Fsp3) is 0.818. The van der Waals surface area contributed by atoms with Gasteiger partial charge < -0.3 is 18.8 Å². The van der Waals surface area contributed by atoms with E-state index in [1.54, 1.807) is 0 Å². The van der Waals surface area contributed by atoms with Crippen LogP contribution in [0.25, 0.3) is 0 Å². The van der Waals surface area contributed by atoms with Gasteiger partial charge in [0, 0.05) is 12.8 Å². The Morgan fingerprint density at radius 1 is 1.38 bits per heavy atom. The molecule has 0 bridgehead atoms. The van der Waals surface area contributed by atoms with E-state index in [-0.39, 0.29) is 19.0 Å². The third-order valence-corrected chi connectivity index (χ3v) is 3.42. The predicted octanol–water partition coefficient (Wildman–Crippen LogP) is 1.30. The zero-order valence-electron chi connectivity index (χ0n) is 9.61. The highest BCUT2D eigenvalue weighted by Gasteiger charge is 2.41. The van der Waals surface area contributed by atoms with Crippen molar-refractivity contribution >= 4 is 7.12 Å². The fourth-order valence-corrected chi connectivity index (χ4v) is 2.51. The Bertz CT molecular complexity index is 298. The molecule has 0 saturated carbocycles. The van der Waals surface area contributed by atoms with Gasteiger partial charge in [0.15, 0.2) is 5.79 Å². The van der Waals surface area contributed by atoms with E-state index in [9.17, 15) is 0 Å². The fourth-order valence-electron chi connectivity index (χ4n) is 2.51. The first-order valence-corrected chi connectivity index (χ1v) is 6.01. The van der Waals surface area contributed by atoms with Crippen LogP contribution in [0.2, 0.25) is 0 Å². The predicted molar refractivity (Wildman–Crippen MR) is 58.8 cm³/mol. The first-order valence-electron chi connectivity index (χ1n) is 6.01. The van der Waals surface area contributed by atoms with E-state index >= 15 is 0 Å². The Kier molecular flexibility index (Phi) is 2.79. The maximum atomic E-state index is 5.68. The number of allylic oxidation sites excluding steroid dienone is 1. The third-order valence-electron chi connectivity index (χ3n) is 3.42. The van der Waals surface area contributed by atoms with Crippen LogP contribution < -0.4 is 0 Å². The average Bonchev–Trinajstić information content (AvgIpc) is 2.90. The molecule has 3 aliphatic rings. The summed E-state index contributed by atoms with van der Waals surface area (Å²) in [6, 6.07) is 0. The summed E-state index contributed by atoms with van der Waals surface area (Å²) in [7, 11) is -0.131. The van der Waals surface area contributed by atoms with Crippen LogP contribution in [-0.2, 0) is 18.8 Å². The third kappa shape index (κ3) is 1.93. The monoisotopic (exact) mass is 224 g/mol. The normalized spacial score (nSPS) is 33.4.